The molecule has 19 heavy (non-hydrogen) atoms. The van der Waals surface area contributed by atoms with Gasteiger partial charge in [0, 0.05) is 5.69 Å². The Morgan fingerprint density at radius 2 is 2.11 bits per heavy atom. The van der Waals surface area contributed by atoms with Crippen LogP contribution in [0.5, 0.6) is 0 Å². The fraction of sp³-hybridized carbons (Fsp3) is 0.385. The number of methoxy groups -OCH3 is 1. The van der Waals surface area contributed by atoms with Crippen molar-refractivity contribution in [2.45, 2.75) is 25.8 Å². The van der Waals surface area contributed by atoms with Crippen molar-refractivity contribution in [3.8, 4) is 0 Å². The van der Waals surface area contributed by atoms with Gasteiger partial charge in [-0.25, -0.2) is 4.79 Å². The van der Waals surface area contributed by atoms with E-state index in [4.69, 9.17) is 17.3 Å². The number of esters is 1. The molecule has 0 saturated carbocycles. The van der Waals surface area contributed by atoms with E-state index in [0.717, 1.165) is 0 Å². The van der Waals surface area contributed by atoms with Gasteiger partial charge in [-0.05, 0) is 31.5 Å². The number of carbonyl (C=O) groups is 2. The van der Waals surface area contributed by atoms with Crippen LogP contribution < -0.4 is 11.1 Å². The lowest BCUT2D eigenvalue weighted by atomic mass is 9.99. The Morgan fingerprint density at radius 1 is 1.47 bits per heavy atom. The SMILES string of the molecule is CCC(C)(N)C(=O)Nc1ccc(Cl)c(C(=O)OC)c1. The molecule has 0 fully saturated rings. The van der Waals surface area contributed by atoms with Gasteiger partial charge in [0.15, 0.2) is 0 Å². The second-order valence-electron chi connectivity index (χ2n) is 4.41. The highest BCUT2D eigenvalue weighted by atomic mass is 35.5. The Kier molecular flexibility index (Phi) is 4.91. The van der Waals surface area contributed by atoms with Gasteiger partial charge in [-0.15, -0.1) is 0 Å². The monoisotopic (exact) mass is 284 g/mol. The fourth-order valence-electron chi connectivity index (χ4n) is 1.30. The number of amides is 1. The van der Waals surface area contributed by atoms with E-state index in [0.29, 0.717) is 12.1 Å². The standard InChI is InChI=1S/C13H17ClN2O3/c1-4-13(2,15)12(18)16-8-5-6-10(14)9(7-8)11(17)19-3/h5-7H,4,15H2,1-3H3,(H,16,18). The quantitative estimate of drug-likeness (QED) is 0.831. The number of nitrogens with one attached hydrogen (secondary N) is 1. The number of rotatable bonds is 4. The normalized spacial score (nSPS) is 13.5. The van der Waals surface area contributed by atoms with Crippen LogP contribution >= 0.6 is 11.6 Å². The Balaban J connectivity index is 2.98. The summed E-state index contributed by atoms with van der Waals surface area (Å²) in [7, 11) is 1.26. The third-order valence-electron chi connectivity index (χ3n) is 2.88. The van der Waals surface area contributed by atoms with Crippen LogP contribution in [0.15, 0.2) is 18.2 Å². The maximum Gasteiger partial charge on any atom is 0.339 e. The van der Waals surface area contributed by atoms with Crippen molar-refractivity contribution in [1.82, 2.24) is 0 Å². The summed E-state index contributed by atoms with van der Waals surface area (Å²) in [6, 6.07) is 4.57. The molecule has 1 aromatic carbocycles. The Bertz CT molecular complexity index is 501. The number of nitrogens with two attached hydrogens (primary N) is 1. The zero-order valence-corrected chi connectivity index (χ0v) is 11.9. The second kappa shape index (κ2) is 6.04. The van der Waals surface area contributed by atoms with Gasteiger partial charge in [0.25, 0.3) is 0 Å². The minimum absolute atomic E-state index is 0.192. The zero-order chi connectivity index (χ0) is 14.6. The number of benzene rings is 1. The first-order valence-electron chi connectivity index (χ1n) is 5.80. The molecule has 1 unspecified atom stereocenters. The minimum atomic E-state index is -0.967. The van der Waals surface area contributed by atoms with Crippen molar-refractivity contribution < 1.29 is 14.3 Å². The van der Waals surface area contributed by atoms with Gasteiger partial charge in [0.05, 0.1) is 23.2 Å². The van der Waals surface area contributed by atoms with Gasteiger partial charge in [0.2, 0.25) is 5.91 Å². The van der Waals surface area contributed by atoms with Crippen molar-refractivity contribution in [3.63, 3.8) is 0 Å². The topological polar surface area (TPSA) is 81.4 Å². The molecule has 1 rings (SSSR count). The first-order chi connectivity index (χ1) is 8.81. The van der Waals surface area contributed by atoms with E-state index in [-0.39, 0.29) is 16.5 Å². The van der Waals surface area contributed by atoms with E-state index in [1.807, 2.05) is 6.92 Å². The van der Waals surface area contributed by atoms with Gasteiger partial charge >= 0.3 is 5.97 Å². The second-order valence-corrected chi connectivity index (χ2v) is 4.82. The summed E-state index contributed by atoms with van der Waals surface area (Å²) < 4.78 is 4.60. The molecule has 6 heteroatoms. The molecule has 1 amide bonds. The summed E-state index contributed by atoms with van der Waals surface area (Å²) in [6.07, 6.45) is 0.496. The van der Waals surface area contributed by atoms with Crippen LogP contribution in [0, 0.1) is 0 Å². The Labute approximate surface area is 117 Å². The first-order valence-corrected chi connectivity index (χ1v) is 6.17. The van der Waals surface area contributed by atoms with Crippen molar-refractivity contribution in [3.05, 3.63) is 28.8 Å². The van der Waals surface area contributed by atoms with Gasteiger partial charge in [-0.3, -0.25) is 4.79 Å². The summed E-state index contributed by atoms with van der Waals surface area (Å²) >= 11 is 5.89. The molecule has 0 aliphatic rings. The van der Waals surface area contributed by atoms with E-state index < -0.39 is 11.5 Å². The highest BCUT2D eigenvalue weighted by Crippen LogP contribution is 2.22. The molecule has 0 aromatic heterocycles. The molecule has 1 atom stereocenters. The van der Waals surface area contributed by atoms with Crippen LogP contribution in [0.3, 0.4) is 0 Å². The summed E-state index contributed by atoms with van der Waals surface area (Å²) in [4.78, 5) is 23.4. The van der Waals surface area contributed by atoms with E-state index in [1.54, 1.807) is 13.0 Å². The van der Waals surface area contributed by atoms with E-state index in [2.05, 4.69) is 10.1 Å². The molecule has 0 saturated heterocycles. The molecule has 0 bridgehead atoms. The number of carbonyl (C=O) groups excluding carboxylic acids is 2. The van der Waals surface area contributed by atoms with Crippen LogP contribution in [0.2, 0.25) is 5.02 Å². The first kappa shape index (κ1) is 15.5. The van der Waals surface area contributed by atoms with E-state index in [9.17, 15) is 9.59 Å². The Morgan fingerprint density at radius 3 is 2.63 bits per heavy atom. The summed E-state index contributed by atoms with van der Waals surface area (Å²) in [6.45, 7) is 3.46. The van der Waals surface area contributed by atoms with Crippen LogP contribution in [-0.2, 0) is 9.53 Å². The minimum Gasteiger partial charge on any atom is -0.465 e. The van der Waals surface area contributed by atoms with Crippen LogP contribution in [0.25, 0.3) is 0 Å². The van der Waals surface area contributed by atoms with Gasteiger partial charge in [-0.2, -0.15) is 0 Å². The summed E-state index contributed by atoms with van der Waals surface area (Å²) in [5, 5.41) is 2.91. The number of hydrogen-bond donors (Lipinski definition) is 2. The lowest BCUT2D eigenvalue weighted by Crippen LogP contribution is -2.47. The predicted octanol–water partition coefficient (Wildman–Crippen LogP) is 2.19. The average Bonchev–Trinajstić information content (AvgIpc) is 2.39. The maximum atomic E-state index is 11.9. The molecular weight excluding hydrogens is 268 g/mol. The third kappa shape index (κ3) is 3.68. The number of anilines is 1. The van der Waals surface area contributed by atoms with Gasteiger partial charge in [0.1, 0.15) is 0 Å². The van der Waals surface area contributed by atoms with E-state index >= 15 is 0 Å². The van der Waals surface area contributed by atoms with Crippen molar-refractivity contribution in [2.75, 3.05) is 12.4 Å². The molecule has 5 nitrogen and oxygen atoms in total. The Hall–Kier alpha value is -1.59. The van der Waals surface area contributed by atoms with Gasteiger partial charge < -0.3 is 15.8 Å². The number of ether oxygens (including phenoxy) is 1. The molecule has 0 aliphatic carbocycles. The largest absolute Gasteiger partial charge is 0.465 e. The molecule has 0 radical (unpaired) electrons. The van der Waals surface area contributed by atoms with Crippen molar-refractivity contribution in [2.24, 2.45) is 5.73 Å². The third-order valence-corrected chi connectivity index (χ3v) is 3.21. The van der Waals surface area contributed by atoms with Crippen LogP contribution in [0.1, 0.15) is 30.6 Å². The van der Waals surface area contributed by atoms with E-state index in [1.165, 1.54) is 19.2 Å². The van der Waals surface area contributed by atoms with Crippen LogP contribution in [0.4, 0.5) is 5.69 Å². The molecular formula is C13H17ClN2O3. The zero-order valence-electron chi connectivity index (χ0n) is 11.1. The molecule has 3 N–H and O–H groups in total. The fourth-order valence-corrected chi connectivity index (χ4v) is 1.50. The smallest absolute Gasteiger partial charge is 0.339 e. The molecule has 1 aromatic rings. The molecule has 0 spiro atoms. The molecule has 0 aliphatic heterocycles. The van der Waals surface area contributed by atoms with Crippen molar-refractivity contribution in [1.29, 1.82) is 0 Å². The molecule has 104 valence electrons. The highest BCUT2D eigenvalue weighted by Gasteiger charge is 2.26. The van der Waals surface area contributed by atoms with Gasteiger partial charge in [-0.1, -0.05) is 18.5 Å². The summed E-state index contributed by atoms with van der Waals surface area (Å²) in [5.74, 6) is -0.889. The lowest BCUT2D eigenvalue weighted by Gasteiger charge is -2.21. The lowest BCUT2D eigenvalue weighted by molar-refractivity contribution is -0.120. The molecule has 0 heterocycles. The number of hydrogen-bond acceptors (Lipinski definition) is 4. The maximum absolute atomic E-state index is 11.9. The summed E-state index contributed by atoms with van der Waals surface area (Å²) in [5.41, 5.74) is 5.50. The predicted molar refractivity (Wildman–Crippen MR) is 74.3 cm³/mol. The highest BCUT2D eigenvalue weighted by molar-refractivity contribution is 6.33. The number of halogens is 1. The van der Waals surface area contributed by atoms with Crippen LogP contribution in [-0.4, -0.2) is 24.5 Å². The average molecular weight is 285 g/mol. The van der Waals surface area contributed by atoms with Crippen molar-refractivity contribution >= 4 is 29.2 Å².